The number of aromatic hydroxyl groups is 1. The number of anilines is 1. The van der Waals surface area contributed by atoms with Crippen LogP contribution in [0, 0.1) is 13.8 Å². The number of rotatable bonds is 12. The number of nitrogens with zero attached hydrogens (tertiary/aromatic N) is 5. The summed E-state index contributed by atoms with van der Waals surface area (Å²) >= 11 is 12.2. The predicted octanol–water partition coefficient (Wildman–Crippen LogP) is 11.0. The number of amides is 1. The monoisotopic (exact) mass is 1190 g/mol. The summed E-state index contributed by atoms with van der Waals surface area (Å²) in [5.41, 5.74) is 1.24. The van der Waals surface area contributed by atoms with E-state index in [0.717, 1.165) is 24.3 Å². The Hall–Kier alpha value is -6.41. The van der Waals surface area contributed by atoms with Gasteiger partial charge in [0.15, 0.2) is 5.75 Å². The fourth-order valence-corrected chi connectivity index (χ4v) is 8.52. The molecular formula is C50H38BaCl2N6O12S2. The van der Waals surface area contributed by atoms with E-state index in [-0.39, 0.29) is 92.8 Å². The van der Waals surface area contributed by atoms with Gasteiger partial charge in [-0.25, -0.2) is 0 Å². The zero-order valence-corrected chi connectivity index (χ0v) is 46.3. The second-order valence-electron chi connectivity index (χ2n) is 15.4. The molecular weight excluding hydrogens is 1150 g/mol. The summed E-state index contributed by atoms with van der Waals surface area (Å²) in [7, 11) is -6.11. The van der Waals surface area contributed by atoms with E-state index in [1.165, 1.54) is 26.4 Å². The number of nitrogens with one attached hydrogen (secondary N) is 1. The number of hydrogen-bond donors (Lipinski definition) is 4. The van der Waals surface area contributed by atoms with Gasteiger partial charge >= 0.3 is 48.9 Å². The number of fused-ring (bicyclic) bond motifs is 2. The number of carbonyl (C=O) groups excluding carboxylic acids is 1. The molecule has 0 saturated heterocycles. The average molecular weight is 1190 g/mol. The second kappa shape index (κ2) is 23.6. The Kier molecular flexibility index (Phi) is 18.1. The molecule has 23 heteroatoms. The van der Waals surface area contributed by atoms with Crippen LogP contribution in [0.15, 0.2) is 169 Å². The van der Waals surface area contributed by atoms with Crippen LogP contribution in [0.2, 0.25) is 10.0 Å². The Morgan fingerprint density at radius 2 is 1.10 bits per heavy atom. The molecule has 0 aliphatic heterocycles. The summed E-state index contributed by atoms with van der Waals surface area (Å²) in [6.07, 6.45) is 0. The van der Waals surface area contributed by atoms with E-state index in [0.29, 0.717) is 55.5 Å². The Morgan fingerprint density at radius 1 is 0.616 bits per heavy atom. The van der Waals surface area contributed by atoms with Gasteiger partial charge in [0.1, 0.15) is 17.2 Å². The average Bonchev–Trinajstić information content (AvgIpc) is 3.34. The van der Waals surface area contributed by atoms with Crippen LogP contribution < -0.4 is 25.0 Å². The van der Waals surface area contributed by atoms with E-state index < -0.39 is 53.3 Å². The third kappa shape index (κ3) is 13.2. The molecule has 0 aliphatic carbocycles. The number of phenolic OH excluding ortho intramolecular Hbond substituents is 1. The van der Waals surface area contributed by atoms with Gasteiger partial charge in [0.25, 0.3) is 26.1 Å². The fourth-order valence-electron chi connectivity index (χ4n) is 6.91. The molecule has 8 aromatic carbocycles. The minimum absolute atomic E-state index is 0. The Bertz CT molecular complexity index is 3790. The van der Waals surface area contributed by atoms with E-state index in [9.17, 15) is 46.1 Å². The standard InChI is InChI=1S/2C25H20ClN3O6S.Ba/c2*1-14-21(26)12-18(36(32,33)34)13-22(14)28-29-23-19-9-4-3-6-15(19)10-20(24(23)30)25(31)27-16-7-5-8-17(11-16)35-2;/h2*3-13,30H,1-2H3,(H,27,31)(H,32,33,34);/q;;+2/p-2. The smallest absolute Gasteiger partial charge is 0.871 e. The number of phenols is 1. The Morgan fingerprint density at radius 3 is 1.63 bits per heavy atom. The number of ether oxygens (including phenoxy) is 2. The van der Waals surface area contributed by atoms with Crippen LogP contribution in [0.3, 0.4) is 0 Å². The van der Waals surface area contributed by atoms with Gasteiger partial charge in [0, 0.05) is 38.6 Å². The molecule has 0 aliphatic rings. The molecule has 0 saturated carbocycles. The molecule has 0 atom stereocenters. The SMILES string of the molecule is COc1cccc(N=C([O-])c2cc3ccccc3c(N=Nc3cc(S(=O)(=O)O)cc(Cl)c3C)c2[O-])c1.COc1cccc(NC(=O)c2cc3ccccc3c(N=Nc3cc(S(=O)(=O)O)cc(Cl)c3C)c2O)c1.[Ba+2]. The van der Waals surface area contributed by atoms with Crippen LogP contribution in [-0.2, 0) is 20.2 Å². The molecule has 0 heterocycles. The van der Waals surface area contributed by atoms with Crippen LogP contribution in [0.25, 0.3) is 21.5 Å². The van der Waals surface area contributed by atoms with Crippen LogP contribution in [0.5, 0.6) is 23.0 Å². The topological polar surface area (TPSA) is 284 Å². The first-order valence-electron chi connectivity index (χ1n) is 20.9. The van der Waals surface area contributed by atoms with Crippen molar-refractivity contribution in [1.29, 1.82) is 0 Å². The van der Waals surface area contributed by atoms with Gasteiger partial charge in [-0.2, -0.15) is 32.2 Å². The molecule has 368 valence electrons. The fraction of sp³-hybridized carbons (Fsp3) is 0.0800. The summed E-state index contributed by atoms with van der Waals surface area (Å²) in [5.74, 6) is -1.44. The predicted molar refractivity (Wildman–Crippen MR) is 275 cm³/mol. The van der Waals surface area contributed by atoms with E-state index in [4.69, 9.17) is 32.7 Å². The van der Waals surface area contributed by atoms with E-state index in [1.807, 2.05) is 0 Å². The van der Waals surface area contributed by atoms with Crippen LogP contribution >= 0.6 is 23.2 Å². The van der Waals surface area contributed by atoms with Crippen molar-refractivity contribution < 1.29 is 55.5 Å². The van der Waals surface area contributed by atoms with Crippen molar-refractivity contribution in [2.24, 2.45) is 25.4 Å². The van der Waals surface area contributed by atoms with Crippen molar-refractivity contribution in [1.82, 2.24) is 0 Å². The zero-order chi connectivity index (χ0) is 52.1. The summed E-state index contributed by atoms with van der Waals surface area (Å²) < 4.78 is 75.5. The number of hydrogen-bond acceptors (Lipinski definition) is 15. The van der Waals surface area contributed by atoms with Crippen molar-refractivity contribution in [2.75, 3.05) is 19.5 Å². The van der Waals surface area contributed by atoms with E-state index in [2.05, 4.69) is 30.8 Å². The summed E-state index contributed by atoms with van der Waals surface area (Å²) in [5, 5.41) is 58.5. The van der Waals surface area contributed by atoms with Crippen molar-refractivity contribution in [3.63, 3.8) is 0 Å². The maximum atomic E-state index is 13.3. The summed E-state index contributed by atoms with van der Waals surface area (Å²) in [6.45, 7) is 3.17. The van der Waals surface area contributed by atoms with E-state index in [1.54, 1.807) is 111 Å². The van der Waals surface area contributed by atoms with Crippen LogP contribution in [-0.4, -0.2) is 106 Å². The molecule has 0 unspecified atom stereocenters. The molecule has 0 aromatic heterocycles. The molecule has 4 N–H and O–H groups in total. The number of benzene rings is 8. The van der Waals surface area contributed by atoms with Gasteiger partial charge in [0.05, 0.1) is 52.3 Å². The van der Waals surface area contributed by atoms with Crippen molar-refractivity contribution >= 4 is 160 Å². The molecule has 1 amide bonds. The number of azo groups is 2. The number of methoxy groups -OCH3 is 2. The molecule has 8 rings (SSSR count). The van der Waals surface area contributed by atoms with Crippen molar-refractivity contribution in [3.05, 3.63) is 166 Å². The maximum Gasteiger partial charge on any atom is 2.00 e. The maximum absolute atomic E-state index is 13.3. The first kappa shape index (κ1) is 55.9. The largest absolute Gasteiger partial charge is 2.00 e. The molecule has 0 spiro atoms. The first-order valence-corrected chi connectivity index (χ1v) is 24.5. The number of carbonyl (C=O) groups is 1. The molecule has 0 radical (unpaired) electrons. The zero-order valence-electron chi connectivity index (χ0n) is 38.7. The molecule has 8 aromatic rings. The third-order valence-electron chi connectivity index (χ3n) is 10.7. The van der Waals surface area contributed by atoms with Crippen LogP contribution in [0.1, 0.15) is 27.0 Å². The van der Waals surface area contributed by atoms with Crippen molar-refractivity contribution in [3.8, 4) is 23.0 Å². The molecule has 18 nitrogen and oxygen atoms in total. The number of halogens is 2. The van der Waals surface area contributed by atoms with Gasteiger partial charge in [-0.3, -0.25) is 18.9 Å². The van der Waals surface area contributed by atoms with Gasteiger partial charge in [-0.15, -0.1) is 5.11 Å². The summed E-state index contributed by atoms with van der Waals surface area (Å²) in [4.78, 5) is 16.2. The Labute approximate surface area is 468 Å². The quantitative estimate of drug-likeness (QED) is 0.0292. The van der Waals surface area contributed by atoms with Crippen LogP contribution in [0.4, 0.5) is 34.1 Å². The van der Waals surface area contributed by atoms with Gasteiger partial charge in [-0.05, 0) is 108 Å². The minimum atomic E-state index is -4.56. The molecule has 73 heavy (non-hydrogen) atoms. The summed E-state index contributed by atoms with van der Waals surface area (Å²) in [6, 6.07) is 34.3. The van der Waals surface area contributed by atoms with Crippen molar-refractivity contribution in [2.45, 2.75) is 23.6 Å². The Balaban J connectivity index is 0.000000235. The third-order valence-corrected chi connectivity index (χ3v) is 13.2. The molecule has 0 bridgehead atoms. The van der Waals surface area contributed by atoms with Gasteiger partial charge < -0.3 is 30.1 Å². The second-order valence-corrected chi connectivity index (χ2v) is 19.1. The van der Waals surface area contributed by atoms with Gasteiger partial charge in [0.2, 0.25) is 0 Å². The van der Waals surface area contributed by atoms with E-state index >= 15 is 0 Å². The first-order chi connectivity index (χ1) is 34.2. The minimum Gasteiger partial charge on any atom is -0.871 e. The van der Waals surface area contributed by atoms with Gasteiger partial charge in [-0.1, -0.05) is 89.6 Å². The normalized spacial score (nSPS) is 11.9. The molecule has 0 fully saturated rings. The number of aliphatic imine (C=N–C) groups is 1.